The minimum atomic E-state index is -4.01. The Morgan fingerprint density at radius 2 is 1.45 bits per heavy atom. The standard InChI is InChI=1S/C42H47N5O8S.2K.2H/c1-2-47(33-18-16-31(17-19-33)42(52)53)56(54,55)35-8-6-7-32(25-35)39(48)44-37-21-20-34(46-23-4-3-5-24-46)26-36(37)40(49)45-38-22-13-29(27-43-38)10-9-28-11-14-30(15-12-28)41(50)51;;;;/h6-8,11-15,20-22,25-27,31,33H,2-5,9-10,16-19,23-24H2,1H3,(H,44,48)(H,50,51)(H,52,53)(H,43,45,49);;;;. The van der Waals surface area contributed by atoms with Gasteiger partial charge in [-0.1, -0.05) is 31.2 Å². The van der Waals surface area contributed by atoms with Crippen molar-refractivity contribution >= 4 is 154 Å². The molecule has 4 aromatic rings. The van der Waals surface area contributed by atoms with E-state index in [1.807, 2.05) is 12.1 Å². The Labute approximate surface area is 424 Å². The summed E-state index contributed by atoms with van der Waals surface area (Å²) in [5.41, 5.74) is 3.56. The van der Waals surface area contributed by atoms with Crippen LogP contribution in [0.4, 0.5) is 17.2 Å². The molecule has 2 aliphatic rings. The van der Waals surface area contributed by atoms with E-state index in [9.17, 15) is 32.7 Å². The fourth-order valence-corrected chi connectivity index (χ4v) is 9.21. The predicted molar refractivity (Wildman–Crippen MR) is 227 cm³/mol. The number of pyridine rings is 1. The van der Waals surface area contributed by atoms with Crippen LogP contribution >= 0.6 is 0 Å². The van der Waals surface area contributed by atoms with Crippen LogP contribution in [0.3, 0.4) is 0 Å². The number of sulfonamides is 1. The fraction of sp³-hybridized carbons (Fsp3) is 0.357. The quantitative estimate of drug-likeness (QED) is 0.119. The zero-order valence-corrected chi connectivity index (χ0v) is 32.1. The first kappa shape index (κ1) is 48.3. The number of rotatable bonds is 14. The van der Waals surface area contributed by atoms with Crippen LogP contribution in [0.2, 0.25) is 0 Å². The Morgan fingerprint density at radius 3 is 2.07 bits per heavy atom. The normalized spacial score (nSPS) is 16.7. The van der Waals surface area contributed by atoms with Gasteiger partial charge < -0.3 is 25.7 Å². The molecule has 0 atom stereocenters. The molecule has 0 unspecified atom stereocenters. The topological polar surface area (TPSA) is 186 Å². The maximum absolute atomic E-state index is 13.9. The molecule has 0 spiro atoms. The molecule has 4 N–H and O–H groups in total. The number of piperidine rings is 1. The summed E-state index contributed by atoms with van der Waals surface area (Å²) < 4.78 is 29.1. The van der Waals surface area contributed by atoms with E-state index in [4.69, 9.17) is 5.11 Å². The second-order valence-electron chi connectivity index (χ2n) is 14.3. The molecule has 2 fully saturated rings. The number of aryl methyl sites for hydroxylation is 2. The molecule has 1 aromatic heterocycles. The van der Waals surface area contributed by atoms with E-state index < -0.39 is 39.7 Å². The van der Waals surface area contributed by atoms with Gasteiger partial charge in [0.25, 0.3) is 11.8 Å². The molecule has 58 heavy (non-hydrogen) atoms. The van der Waals surface area contributed by atoms with Crippen molar-refractivity contribution in [3.8, 4) is 0 Å². The van der Waals surface area contributed by atoms with Crippen molar-refractivity contribution in [2.45, 2.75) is 75.6 Å². The third-order valence-electron chi connectivity index (χ3n) is 10.7. The molecule has 3 aromatic carbocycles. The van der Waals surface area contributed by atoms with Crippen LogP contribution in [0.5, 0.6) is 0 Å². The zero-order chi connectivity index (χ0) is 39.8. The van der Waals surface area contributed by atoms with Crippen LogP contribution in [0.15, 0.2) is 90.0 Å². The van der Waals surface area contributed by atoms with E-state index in [-0.39, 0.29) is 143 Å². The van der Waals surface area contributed by atoms with Gasteiger partial charge in [-0.15, -0.1) is 0 Å². The van der Waals surface area contributed by atoms with Crippen LogP contribution in [-0.4, -0.2) is 180 Å². The summed E-state index contributed by atoms with van der Waals surface area (Å²) in [5.74, 6) is -3.07. The van der Waals surface area contributed by atoms with Crippen LogP contribution in [0.1, 0.15) is 94.1 Å². The SMILES string of the molecule is CCN(C1CCC(C(=O)O)CC1)S(=O)(=O)c1cccc(C(=O)Nc2ccc(N3CCCCC3)cc2C(=O)Nc2ccc(CCc3ccc(C(=O)O)cc3)cn2)c1.[KH].[KH]. The molecule has 2 heterocycles. The van der Waals surface area contributed by atoms with Gasteiger partial charge in [0.05, 0.1) is 27.6 Å². The Bertz CT molecular complexity index is 2170. The third kappa shape index (κ3) is 12.4. The van der Waals surface area contributed by atoms with E-state index in [0.29, 0.717) is 44.3 Å². The number of nitrogens with one attached hydrogen (secondary N) is 2. The number of anilines is 3. The molecule has 1 saturated heterocycles. The molecule has 1 saturated carbocycles. The average Bonchev–Trinajstić information content (AvgIpc) is 3.21. The minimum absolute atomic E-state index is 0. The van der Waals surface area contributed by atoms with Crippen molar-refractivity contribution in [2.75, 3.05) is 35.2 Å². The van der Waals surface area contributed by atoms with Gasteiger partial charge in [-0.25, -0.2) is 18.2 Å². The van der Waals surface area contributed by atoms with Crippen molar-refractivity contribution in [1.82, 2.24) is 9.29 Å². The second-order valence-corrected chi connectivity index (χ2v) is 16.2. The Kier molecular flexibility index (Phi) is 18.7. The van der Waals surface area contributed by atoms with Gasteiger partial charge in [0.15, 0.2) is 0 Å². The van der Waals surface area contributed by atoms with Gasteiger partial charge in [-0.05, 0) is 124 Å². The number of aromatic nitrogens is 1. The van der Waals surface area contributed by atoms with Gasteiger partial charge in [-0.3, -0.25) is 14.4 Å². The first-order valence-electron chi connectivity index (χ1n) is 19.1. The average molecular weight is 862 g/mol. The number of hydrogen-bond acceptors (Lipinski definition) is 8. The van der Waals surface area contributed by atoms with Crippen LogP contribution < -0.4 is 15.5 Å². The maximum atomic E-state index is 13.9. The summed E-state index contributed by atoms with van der Waals surface area (Å²) in [4.78, 5) is 56.8. The molecule has 2 amide bonds. The summed E-state index contributed by atoms with van der Waals surface area (Å²) in [5, 5.41) is 24.2. The number of carbonyl (C=O) groups is 4. The molecule has 1 aliphatic carbocycles. The summed E-state index contributed by atoms with van der Waals surface area (Å²) in [7, 11) is -4.01. The molecule has 1 aliphatic heterocycles. The van der Waals surface area contributed by atoms with Gasteiger partial charge >= 0.3 is 115 Å². The summed E-state index contributed by atoms with van der Waals surface area (Å²) in [6, 6.07) is 21.0. The molecule has 0 bridgehead atoms. The van der Waals surface area contributed by atoms with E-state index in [2.05, 4.69) is 20.5 Å². The molecular formula is C42H49K2N5O8S. The van der Waals surface area contributed by atoms with E-state index in [0.717, 1.165) is 49.2 Å². The summed E-state index contributed by atoms with van der Waals surface area (Å²) >= 11 is 0. The van der Waals surface area contributed by atoms with Gasteiger partial charge in [0.1, 0.15) is 5.82 Å². The van der Waals surface area contributed by atoms with Crippen molar-refractivity contribution in [2.24, 2.45) is 5.92 Å². The Morgan fingerprint density at radius 1 is 0.776 bits per heavy atom. The summed E-state index contributed by atoms with van der Waals surface area (Å²) in [6.07, 6.45) is 7.89. The molecule has 13 nitrogen and oxygen atoms in total. The van der Waals surface area contributed by atoms with E-state index >= 15 is 0 Å². The number of aromatic carboxylic acids is 1. The van der Waals surface area contributed by atoms with Crippen molar-refractivity contribution in [3.63, 3.8) is 0 Å². The van der Waals surface area contributed by atoms with Crippen LogP contribution in [0.25, 0.3) is 0 Å². The number of nitrogens with zero attached hydrogens (tertiary/aromatic N) is 3. The predicted octanol–water partition coefficient (Wildman–Crippen LogP) is 5.42. The molecule has 6 rings (SSSR count). The Hall–Kier alpha value is -2.33. The number of benzene rings is 3. The fourth-order valence-electron chi connectivity index (χ4n) is 7.47. The molecule has 0 radical (unpaired) electrons. The van der Waals surface area contributed by atoms with Gasteiger partial charge in [0.2, 0.25) is 10.0 Å². The molecular weight excluding hydrogens is 813 g/mol. The Balaban J connectivity index is 0.00000372. The number of carboxylic acids is 2. The molecule has 16 heteroatoms. The number of carboxylic acid groups (broad SMARTS) is 2. The number of aliphatic carboxylic acids is 1. The zero-order valence-electron chi connectivity index (χ0n) is 31.3. The van der Waals surface area contributed by atoms with E-state index in [1.165, 1.54) is 28.6 Å². The van der Waals surface area contributed by atoms with Crippen molar-refractivity contribution in [1.29, 1.82) is 0 Å². The van der Waals surface area contributed by atoms with Crippen molar-refractivity contribution in [3.05, 3.63) is 113 Å². The van der Waals surface area contributed by atoms with Crippen LogP contribution in [0, 0.1) is 5.92 Å². The number of carbonyl (C=O) groups excluding carboxylic acids is 2. The second kappa shape index (κ2) is 22.5. The summed E-state index contributed by atoms with van der Waals surface area (Å²) in [6.45, 7) is 3.63. The van der Waals surface area contributed by atoms with E-state index in [1.54, 1.807) is 55.6 Å². The number of hydrogen-bond donors (Lipinski definition) is 4. The molecule has 298 valence electrons. The van der Waals surface area contributed by atoms with Crippen LogP contribution in [-0.2, 0) is 27.7 Å². The van der Waals surface area contributed by atoms with Gasteiger partial charge in [0, 0.05) is 43.1 Å². The monoisotopic (exact) mass is 861 g/mol. The number of amides is 2. The van der Waals surface area contributed by atoms with Gasteiger partial charge in [-0.2, -0.15) is 4.31 Å². The third-order valence-corrected chi connectivity index (χ3v) is 12.7. The first-order valence-corrected chi connectivity index (χ1v) is 20.5. The first-order chi connectivity index (χ1) is 26.9. The van der Waals surface area contributed by atoms with Crippen molar-refractivity contribution < 1.29 is 37.8 Å².